The lowest BCUT2D eigenvalue weighted by atomic mass is 9.92. The second-order valence-corrected chi connectivity index (χ2v) is 9.13. The Hall–Kier alpha value is -3.15. The van der Waals surface area contributed by atoms with Crippen molar-refractivity contribution in [2.45, 2.75) is 39.7 Å². The minimum atomic E-state index is -0.197. The lowest BCUT2D eigenvalue weighted by Gasteiger charge is -2.26. The predicted octanol–water partition coefficient (Wildman–Crippen LogP) is 4.27. The zero-order valence-corrected chi connectivity index (χ0v) is 19.0. The minimum absolute atomic E-state index is 0.00234. The third kappa shape index (κ3) is 5.72. The molecule has 1 aliphatic heterocycles. The predicted molar refractivity (Wildman–Crippen MR) is 122 cm³/mol. The molecule has 1 heterocycles. The van der Waals surface area contributed by atoms with E-state index in [1.807, 2.05) is 75.4 Å². The Morgan fingerprint density at radius 3 is 2.32 bits per heavy atom. The van der Waals surface area contributed by atoms with Gasteiger partial charge in [0.2, 0.25) is 5.91 Å². The Morgan fingerprint density at radius 2 is 1.74 bits per heavy atom. The third-order valence-corrected chi connectivity index (χ3v) is 5.25. The van der Waals surface area contributed by atoms with E-state index in [-0.39, 0.29) is 29.8 Å². The fraction of sp³-hybridized carbons (Fsp3) is 0.400. The van der Waals surface area contributed by atoms with E-state index < -0.39 is 0 Å². The molecule has 0 unspecified atom stereocenters. The minimum Gasteiger partial charge on any atom is -0.497 e. The largest absolute Gasteiger partial charge is 0.497 e. The van der Waals surface area contributed by atoms with Crippen LogP contribution in [0.1, 0.15) is 50.8 Å². The van der Waals surface area contributed by atoms with Gasteiger partial charge in [0, 0.05) is 19.9 Å². The maximum atomic E-state index is 13.2. The molecule has 0 aliphatic carbocycles. The lowest BCUT2D eigenvalue weighted by Crippen LogP contribution is -2.40. The number of carbonyl (C=O) groups is 2. The molecule has 0 fully saturated rings. The quantitative estimate of drug-likeness (QED) is 0.700. The van der Waals surface area contributed by atoms with E-state index in [0.29, 0.717) is 12.8 Å². The summed E-state index contributed by atoms with van der Waals surface area (Å²) in [7, 11) is 3.30. The van der Waals surface area contributed by atoms with E-state index in [2.05, 4.69) is 5.10 Å². The highest BCUT2D eigenvalue weighted by Gasteiger charge is 2.34. The smallest absolute Gasteiger partial charge is 0.262 e. The highest BCUT2D eigenvalue weighted by atomic mass is 16.5. The zero-order valence-electron chi connectivity index (χ0n) is 19.0. The van der Waals surface area contributed by atoms with E-state index in [1.165, 1.54) is 9.91 Å². The van der Waals surface area contributed by atoms with Crippen molar-refractivity contribution >= 4 is 17.5 Å². The molecule has 31 heavy (non-hydrogen) atoms. The highest BCUT2D eigenvalue weighted by Crippen LogP contribution is 2.33. The maximum absolute atomic E-state index is 13.2. The summed E-state index contributed by atoms with van der Waals surface area (Å²) in [6.07, 6.45) is 1.00. The average Bonchev–Trinajstić information content (AvgIpc) is 3.19. The monoisotopic (exact) mass is 421 g/mol. The van der Waals surface area contributed by atoms with Gasteiger partial charge in [-0.05, 0) is 40.8 Å². The number of rotatable bonds is 6. The van der Waals surface area contributed by atoms with Crippen molar-refractivity contribution in [1.82, 2.24) is 9.91 Å². The van der Waals surface area contributed by atoms with Gasteiger partial charge in [-0.2, -0.15) is 5.10 Å². The van der Waals surface area contributed by atoms with Crippen molar-refractivity contribution in [2.24, 2.45) is 10.5 Å². The Balaban J connectivity index is 1.82. The molecule has 164 valence electrons. The van der Waals surface area contributed by atoms with Crippen molar-refractivity contribution in [2.75, 3.05) is 20.7 Å². The van der Waals surface area contributed by atoms with Crippen LogP contribution in [0.4, 0.5) is 0 Å². The van der Waals surface area contributed by atoms with Crippen LogP contribution < -0.4 is 4.74 Å². The summed E-state index contributed by atoms with van der Waals surface area (Å²) in [5.74, 6) is 0.534. The van der Waals surface area contributed by atoms with Gasteiger partial charge in [0.15, 0.2) is 0 Å². The molecule has 1 aliphatic rings. The van der Waals surface area contributed by atoms with Crippen molar-refractivity contribution in [3.8, 4) is 5.75 Å². The molecule has 2 aromatic carbocycles. The summed E-state index contributed by atoms with van der Waals surface area (Å²) in [6.45, 7) is 6.03. The number of nitrogens with zero attached hydrogens (tertiary/aromatic N) is 3. The average molecular weight is 422 g/mol. The van der Waals surface area contributed by atoms with Crippen LogP contribution in [0.25, 0.3) is 0 Å². The van der Waals surface area contributed by atoms with Crippen LogP contribution in [0.15, 0.2) is 59.7 Å². The molecule has 0 saturated heterocycles. The van der Waals surface area contributed by atoms with Gasteiger partial charge in [-0.15, -0.1) is 0 Å². The molecule has 6 heteroatoms. The van der Waals surface area contributed by atoms with Gasteiger partial charge in [0.05, 0.1) is 18.9 Å². The first-order valence-corrected chi connectivity index (χ1v) is 10.5. The van der Waals surface area contributed by atoms with E-state index in [0.717, 1.165) is 22.6 Å². The number of carbonyl (C=O) groups excluding carboxylic acids is 2. The summed E-state index contributed by atoms with van der Waals surface area (Å²) >= 11 is 0. The van der Waals surface area contributed by atoms with Crippen molar-refractivity contribution in [3.63, 3.8) is 0 Å². The summed E-state index contributed by atoms with van der Waals surface area (Å²) in [5, 5.41) is 6.22. The fourth-order valence-corrected chi connectivity index (χ4v) is 3.59. The molecular weight excluding hydrogens is 390 g/mol. The van der Waals surface area contributed by atoms with Crippen LogP contribution in [0.5, 0.6) is 5.75 Å². The normalized spacial score (nSPS) is 16.1. The number of hydrogen-bond acceptors (Lipinski definition) is 4. The van der Waals surface area contributed by atoms with E-state index in [9.17, 15) is 9.59 Å². The number of methoxy groups -OCH3 is 1. The SMILES string of the molecule is COc1ccc(C2=NN(C(=O)CN(C)C(=O)CC(C)(C)C)[C@@H](c3ccccc3)C2)cc1. The van der Waals surface area contributed by atoms with Gasteiger partial charge < -0.3 is 9.64 Å². The number of amides is 2. The van der Waals surface area contributed by atoms with Gasteiger partial charge in [-0.1, -0.05) is 51.1 Å². The van der Waals surface area contributed by atoms with Crippen molar-refractivity contribution in [1.29, 1.82) is 0 Å². The molecule has 0 bridgehead atoms. The first-order chi connectivity index (χ1) is 14.7. The van der Waals surface area contributed by atoms with Gasteiger partial charge >= 0.3 is 0 Å². The first-order valence-electron chi connectivity index (χ1n) is 10.5. The van der Waals surface area contributed by atoms with Crippen molar-refractivity contribution in [3.05, 3.63) is 65.7 Å². The third-order valence-electron chi connectivity index (χ3n) is 5.25. The number of hydrogen-bond donors (Lipinski definition) is 0. The lowest BCUT2D eigenvalue weighted by molar-refractivity contribution is -0.141. The highest BCUT2D eigenvalue weighted by molar-refractivity contribution is 6.03. The standard InChI is InChI=1S/C25H31N3O3/c1-25(2,3)16-23(29)27(4)17-24(30)28-22(19-9-7-6-8-10-19)15-21(26-28)18-11-13-20(31-5)14-12-18/h6-14,22H,15-17H2,1-5H3/t22-/m1/s1. The molecule has 3 rings (SSSR count). The van der Waals surface area contributed by atoms with Gasteiger partial charge in [-0.3, -0.25) is 9.59 Å². The Labute approximate surface area is 184 Å². The van der Waals surface area contributed by atoms with Crippen LogP contribution >= 0.6 is 0 Å². The first kappa shape index (κ1) is 22.5. The van der Waals surface area contributed by atoms with Crippen LogP contribution in [0.3, 0.4) is 0 Å². The number of hydrazone groups is 1. The van der Waals surface area contributed by atoms with Gasteiger partial charge in [0.25, 0.3) is 5.91 Å². The molecule has 0 N–H and O–H groups in total. The van der Waals surface area contributed by atoms with E-state index in [4.69, 9.17) is 4.74 Å². The topological polar surface area (TPSA) is 62.2 Å². The van der Waals surface area contributed by atoms with Gasteiger partial charge in [-0.25, -0.2) is 5.01 Å². The second kappa shape index (κ2) is 9.33. The summed E-state index contributed by atoms with van der Waals surface area (Å²) in [6, 6.07) is 17.4. The molecule has 2 aromatic rings. The Morgan fingerprint density at radius 1 is 1.10 bits per heavy atom. The second-order valence-electron chi connectivity index (χ2n) is 9.13. The summed E-state index contributed by atoms with van der Waals surface area (Å²) in [5.41, 5.74) is 2.68. The zero-order chi connectivity index (χ0) is 22.6. The summed E-state index contributed by atoms with van der Waals surface area (Å²) < 4.78 is 5.24. The molecule has 0 aromatic heterocycles. The molecule has 6 nitrogen and oxygen atoms in total. The molecule has 0 saturated carbocycles. The number of ether oxygens (including phenoxy) is 1. The van der Waals surface area contributed by atoms with Crippen molar-refractivity contribution < 1.29 is 14.3 Å². The number of likely N-dealkylation sites (N-methyl/N-ethyl adjacent to an activating group) is 1. The van der Waals surface area contributed by atoms with Crippen LogP contribution in [-0.2, 0) is 9.59 Å². The molecular formula is C25H31N3O3. The molecule has 0 spiro atoms. The van der Waals surface area contributed by atoms with Gasteiger partial charge in [0.1, 0.15) is 12.3 Å². The molecule has 0 radical (unpaired) electrons. The Kier molecular flexibility index (Phi) is 6.78. The number of benzene rings is 2. The van der Waals surface area contributed by atoms with Crippen LogP contribution in [0.2, 0.25) is 0 Å². The van der Waals surface area contributed by atoms with Crippen LogP contribution in [0, 0.1) is 5.41 Å². The molecule has 2 amide bonds. The van der Waals surface area contributed by atoms with E-state index >= 15 is 0 Å². The molecule has 1 atom stereocenters. The maximum Gasteiger partial charge on any atom is 0.262 e. The van der Waals surface area contributed by atoms with E-state index in [1.54, 1.807) is 14.2 Å². The van der Waals surface area contributed by atoms with Crippen LogP contribution in [-0.4, -0.2) is 48.1 Å². The Bertz CT molecular complexity index is 946. The fourth-order valence-electron chi connectivity index (χ4n) is 3.59. The summed E-state index contributed by atoms with van der Waals surface area (Å²) in [4.78, 5) is 27.2.